The second-order valence-corrected chi connectivity index (χ2v) is 10.6. The van der Waals surface area contributed by atoms with Crippen LogP contribution in [0, 0.1) is 5.92 Å². The lowest BCUT2D eigenvalue weighted by Gasteiger charge is -2.36. The van der Waals surface area contributed by atoms with Gasteiger partial charge in [-0.3, -0.25) is 29.4 Å². The van der Waals surface area contributed by atoms with Gasteiger partial charge in [-0.1, -0.05) is 12.1 Å². The fraction of sp³-hybridized carbons (Fsp3) is 0.630. The summed E-state index contributed by atoms with van der Waals surface area (Å²) in [5.41, 5.74) is 2.68. The Morgan fingerprint density at radius 1 is 1.03 bits per heavy atom. The zero-order valence-corrected chi connectivity index (χ0v) is 21.9. The molecule has 10 heteroatoms. The van der Waals surface area contributed by atoms with Crippen molar-refractivity contribution in [3.63, 3.8) is 0 Å². The first kappa shape index (κ1) is 27.1. The first-order valence-corrected chi connectivity index (χ1v) is 13.3. The van der Waals surface area contributed by atoms with Gasteiger partial charge in [0.25, 0.3) is 0 Å². The monoisotopic (exact) mass is 513 g/mol. The van der Waals surface area contributed by atoms with E-state index in [1.165, 1.54) is 4.90 Å². The number of likely N-dealkylation sites (tertiary alicyclic amines) is 2. The molecule has 1 N–H and O–H groups in total. The van der Waals surface area contributed by atoms with Crippen LogP contribution in [0.5, 0.6) is 0 Å². The van der Waals surface area contributed by atoms with E-state index >= 15 is 0 Å². The van der Waals surface area contributed by atoms with E-state index in [0.29, 0.717) is 24.4 Å². The zero-order valence-electron chi connectivity index (χ0n) is 21.9. The number of amides is 4. The van der Waals surface area contributed by atoms with Gasteiger partial charge in [-0.25, -0.2) is 0 Å². The molecule has 3 fully saturated rings. The van der Waals surface area contributed by atoms with Crippen molar-refractivity contribution in [2.75, 3.05) is 56.7 Å². The maximum Gasteiger partial charge on any atom is 0.249 e. The Morgan fingerprint density at radius 2 is 1.76 bits per heavy atom. The summed E-state index contributed by atoms with van der Waals surface area (Å²) in [5.74, 6) is -0.194. The molecule has 1 unspecified atom stereocenters. The van der Waals surface area contributed by atoms with Gasteiger partial charge in [0, 0.05) is 46.8 Å². The topological polar surface area (TPSA) is 102 Å². The van der Waals surface area contributed by atoms with Crippen molar-refractivity contribution in [2.45, 2.75) is 57.2 Å². The Kier molecular flexibility index (Phi) is 9.15. The molecule has 4 rings (SSSR count). The third-order valence-corrected chi connectivity index (χ3v) is 7.78. The Balaban J connectivity index is 1.36. The Hall–Kier alpha value is -2.98. The molecule has 37 heavy (non-hydrogen) atoms. The number of para-hydroxylation sites is 1. The fourth-order valence-electron chi connectivity index (χ4n) is 5.65. The van der Waals surface area contributed by atoms with Crippen molar-refractivity contribution < 1.29 is 23.9 Å². The van der Waals surface area contributed by atoms with E-state index < -0.39 is 11.9 Å². The molecule has 4 amide bonds. The van der Waals surface area contributed by atoms with Crippen LogP contribution in [0.15, 0.2) is 18.2 Å². The Bertz CT molecular complexity index is 970. The molecule has 0 radical (unpaired) electrons. The van der Waals surface area contributed by atoms with E-state index in [9.17, 15) is 19.2 Å². The van der Waals surface area contributed by atoms with E-state index in [1.807, 2.05) is 36.0 Å². The summed E-state index contributed by atoms with van der Waals surface area (Å²) >= 11 is 0. The first-order chi connectivity index (χ1) is 17.9. The molecule has 0 saturated carbocycles. The van der Waals surface area contributed by atoms with Gasteiger partial charge in [-0.15, -0.1) is 0 Å². The third-order valence-electron chi connectivity index (χ3n) is 7.78. The van der Waals surface area contributed by atoms with Crippen molar-refractivity contribution in [3.05, 3.63) is 23.8 Å². The van der Waals surface area contributed by atoms with Crippen LogP contribution in [0.1, 0.15) is 44.1 Å². The van der Waals surface area contributed by atoms with E-state index in [2.05, 4.69) is 16.3 Å². The maximum atomic E-state index is 12.5. The van der Waals surface area contributed by atoms with Gasteiger partial charge in [0.05, 0.1) is 17.5 Å². The number of anilines is 2. The number of nitrogens with zero attached hydrogens (tertiary/aromatic N) is 4. The van der Waals surface area contributed by atoms with Crippen molar-refractivity contribution in [1.29, 1.82) is 0 Å². The van der Waals surface area contributed by atoms with Gasteiger partial charge in [0.15, 0.2) is 0 Å². The average molecular weight is 514 g/mol. The van der Waals surface area contributed by atoms with Crippen molar-refractivity contribution in [3.8, 4) is 0 Å². The van der Waals surface area contributed by atoms with Crippen molar-refractivity contribution >= 4 is 36.0 Å². The van der Waals surface area contributed by atoms with Crippen LogP contribution in [0.2, 0.25) is 0 Å². The molecular weight excluding hydrogens is 474 g/mol. The van der Waals surface area contributed by atoms with Gasteiger partial charge in [-0.05, 0) is 62.7 Å². The number of carbonyl (C=O) groups excluding carboxylic acids is 4. The summed E-state index contributed by atoms with van der Waals surface area (Å²) < 4.78 is 6.19. The molecule has 0 bridgehead atoms. The van der Waals surface area contributed by atoms with Crippen LogP contribution < -0.4 is 15.1 Å². The van der Waals surface area contributed by atoms with Crippen LogP contribution in [-0.2, 0) is 30.5 Å². The highest BCUT2D eigenvalue weighted by Gasteiger charge is 2.34. The van der Waals surface area contributed by atoms with Gasteiger partial charge < -0.3 is 19.4 Å². The standard InChI is InChI=1S/C27H39N5O5/c1-29(2)26-21(4-3-5-23(26)32(19-34)24-6-7-25(35)28-27(24)36)16-30-12-8-20(9-13-30)17-37-22-10-14-31(18-33)15-11-22/h3-5,18-20,22,24H,6-17H2,1-2H3,(H,28,35,36). The number of nitrogens with one attached hydrogen (secondary N) is 1. The molecule has 0 spiro atoms. The highest BCUT2D eigenvalue weighted by atomic mass is 16.5. The third kappa shape index (κ3) is 6.67. The Labute approximate surface area is 218 Å². The molecule has 1 atom stereocenters. The molecular formula is C27H39N5O5. The highest BCUT2D eigenvalue weighted by Crippen LogP contribution is 2.35. The normalized spacial score (nSPS) is 22.0. The van der Waals surface area contributed by atoms with Gasteiger partial charge in [-0.2, -0.15) is 0 Å². The number of carbonyl (C=O) groups is 4. The fourth-order valence-corrected chi connectivity index (χ4v) is 5.65. The second kappa shape index (κ2) is 12.5. The summed E-state index contributed by atoms with van der Waals surface area (Å²) in [5, 5.41) is 2.36. The lowest BCUT2D eigenvalue weighted by atomic mass is 9.96. The molecule has 0 aliphatic carbocycles. The number of hydrogen-bond donors (Lipinski definition) is 1. The minimum atomic E-state index is -0.703. The zero-order chi connectivity index (χ0) is 26.4. The van der Waals surface area contributed by atoms with Gasteiger partial charge >= 0.3 is 0 Å². The van der Waals surface area contributed by atoms with Crippen LogP contribution >= 0.6 is 0 Å². The molecule has 202 valence electrons. The molecule has 3 aliphatic rings. The lowest BCUT2D eigenvalue weighted by molar-refractivity contribution is -0.135. The summed E-state index contributed by atoms with van der Waals surface area (Å²) in [6.07, 6.45) is 6.37. The van der Waals surface area contributed by atoms with Gasteiger partial charge in [0.2, 0.25) is 24.6 Å². The number of hydrogen-bond acceptors (Lipinski definition) is 7. The molecule has 0 aromatic heterocycles. The average Bonchev–Trinajstić information content (AvgIpc) is 2.90. The molecule has 1 aromatic rings. The summed E-state index contributed by atoms with van der Waals surface area (Å²) in [7, 11) is 3.89. The predicted molar refractivity (Wildman–Crippen MR) is 140 cm³/mol. The largest absolute Gasteiger partial charge is 0.378 e. The number of benzene rings is 1. The van der Waals surface area contributed by atoms with Crippen molar-refractivity contribution in [1.82, 2.24) is 15.1 Å². The quantitative estimate of drug-likeness (QED) is 0.372. The Morgan fingerprint density at radius 3 is 2.38 bits per heavy atom. The predicted octanol–water partition coefficient (Wildman–Crippen LogP) is 1.37. The van der Waals surface area contributed by atoms with Crippen LogP contribution in [-0.4, -0.2) is 93.5 Å². The van der Waals surface area contributed by atoms with E-state index in [-0.39, 0.29) is 18.4 Å². The van der Waals surface area contributed by atoms with Crippen LogP contribution in [0.4, 0.5) is 11.4 Å². The minimum Gasteiger partial charge on any atom is -0.378 e. The van der Waals surface area contributed by atoms with E-state index in [1.54, 1.807) is 0 Å². The van der Waals surface area contributed by atoms with Crippen LogP contribution in [0.25, 0.3) is 0 Å². The first-order valence-electron chi connectivity index (χ1n) is 13.3. The summed E-state index contributed by atoms with van der Waals surface area (Å²) in [6, 6.07) is 5.16. The van der Waals surface area contributed by atoms with E-state index in [4.69, 9.17) is 4.74 Å². The molecule has 10 nitrogen and oxygen atoms in total. The number of piperidine rings is 3. The number of rotatable bonds is 10. The van der Waals surface area contributed by atoms with Gasteiger partial charge in [0.1, 0.15) is 6.04 Å². The van der Waals surface area contributed by atoms with Crippen molar-refractivity contribution in [2.24, 2.45) is 5.92 Å². The van der Waals surface area contributed by atoms with Crippen LogP contribution in [0.3, 0.4) is 0 Å². The molecule has 1 aromatic carbocycles. The van der Waals surface area contributed by atoms with E-state index in [0.717, 1.165) is 82.7 Å². The maximum absolute atomic E-state index is 12.5. The second-order valence-electron chi connectivity index (χ2n) is 10.6. The lowest BCUT2D eigenvalue weighted by Crippen LogP contribution is -2.52. The minimum absolute atomic E-state index is 0.217. The number of imide groups is 1. The number of ether oxygens (including phenoxy) is 1. The summed E-state index contributed by atoms with van der Waals surface area (Å²) in [6.45, 7) is 5.04. The summed E-state index contributed by atoms with van der Waals surface area (Å²) in [4.78, 5) is 54.8. The SMILES string of the molecule is CN(C)c1c(CN2CCC(COC3CCN(C=O)CC3)CC2)cccc1N(C=O)C1CCC(=O)NC1=O. The molecule has 3 heterocycles. The molecule has 3 aliphatic heterocycles. The smallest absolute Gasteiger partial charge is 0.249 e. The highest BCUT2D eigenvalue weighted by molar-refractivity contribution is 6.04. The molecule has 3 saturated heterocycles.